The number of rotatable bonds is 5. The van der Waals surface area contributed by atoms with Crippen LogP contribution in [0.15, 0.2) is 29.2 Å². The molecule has 5 heteroatoms. The molecule has 0 fully saturated rings. The van der Waals surface area contributed by atoms with Crippen LogP contribution in [0.4, 0.5) is 5.69 Å². The van der Waals surface area contributed by atoms with Crippen molar-refractivity contribution in [1.82, 2.24) is 5.32 Å². The number of benzene rings is 1. The van der Waals surface area contributed by atoms with Crippen molar-refractivity contribution in [3.63, 3.8) is 0 Å². The fraction of sp³-hybridized carbons (Fsp3) is 0.333. The average Bonchev–Trinajstić information content (AvgIpc) is 2.29. The van der Waals surface area contributed by atoms with Crippen molar-refractivity contribution in [2.75, 3.05) is 18.1 Å². The smallest absolute Gasteiger partial charge is 0.226 e. The molecule has 1 aromatic rings. The van der Waals surface area contributed by atoms with E-state index in [0.29, 0.717) is 6.54 Å². The van der Waals surface area contributed by atoms with Crippen molar-refractivity contribution in [1.29, 1.82) is 0 Å². The van der Waals surface area contributed by atoms with Crippen LogP contribution in [0, 0.1) is 0 Å². The lowest BCUT2D eigenvalue weighted by atomic mass is 10.3. The Labute approximate surface area is 105 Å². The summed E-state index contributed by atoms with van der Waals surface area (Å²) in [6, 6.07) is 7.62. The van der Waals surface area contributed by atoms with Crippen LogP contribution < -0.4 is 10.6 Å². The van der Waals surface area contributed by atoms with E-state index in [9.17, 15) is 9.59 Å². The Kier molecular flexibility index (Phi) is 5.56. The van der Waals surface area contributed by atoms with Gasteiger partial charge in [-0.25, -0.2) is 0 Å². The molecule has 2 amide bonds. The number of carbonyl (C=O) groups is 2. The summed E-state index contributed by atoms with van der Waals surface area (Å²) in [6.45, 7) is 1.80. The monoisotopic (exact) mass is 252 g/mol. The van der Waals surface area contributed by atoms with E-state index in [4.69, 9.17) is 0 Å². The molecule has 4 nitrogen and oxygen atoms in total. The van der Waals surface area contributed by atoms with Crippen LogP contribution >= 0.6 is 11.8 Å². The number of hydrogen-bond acceptors (Lipinski definition) is 3. The molecular weight excluding hydrogens is 236 g/mol. The van der Waals surface area contributed by atoms with Crippen LogP contribution in [-0.2, 0) is 9.59 Å². The van der Waals surface area contributed by atoms with Gasteiger partial charge in [0.15, 0.2) is 0 Å². The molecule has 92 valence electrons. The molecule has 2 N–H and O–H groups in total. The number of nitrogens with one attached hydrogen (secondary N) is 2. The van der Waals surface area contributed by atoms with Gasteiger partial charge in [-0.05, 0) is 18.4 Å². The highest BCUT2D eigenvalue weighted by atomic mass is 32.2. The zero-order chi connectivity index (χ0) is 12.7. The Hall–Kier alpha value is -1.49. The molecule has 0 spiro atoms. The van der Waals surface area contributed by atoms with E-state index >= 15 is 0 Å². The molecule has 0 heterocycles. The molecule has 0 aliphatic rings. The SMILES string of the molecule is CSc1ccccc1NC(=O)CCNC(C)=O. The van der Waals surface area contributed by atoms with Crippen LogP contribution in [-0.4, -0.2) is 24.6 Å². The first-order valence-electron chi connectivity index (χ1n) is 5.31. The zero-order valence-electron chi connectivity index (χ0n) is 9.95. The predicted octanol–water partition coefficient (Wildman–Crippen LogP) is 1.87. The number of para-hydroxylation sites is 1. The van der Waals surface area contributed by atoms with E-state index in [1.807, 2.05) is 30.5 Å². The van der Waals surface area contributed by atoms with Gasteiger partial charge in [0, 0.05) is 24.8 Å². The first-order chi connectivity index (χ1) is 8.13. The lowest BCUT2D eigenvalue weighted by Gasteiger charge is -2.09. The maximum atomic E-state index is 11.6. The van der Waals surface area contributed by atoms with Gasteiger partial charge in [-0.15, -0.1) is 11.8 Å². The molecule has 1 rings (SSSR count). The van der Waals surface area contributed by atoms with Crippen molar-refractivity contribution in [3.8, 4) is 0 Å². The van der Waals surface area contributed by atoms with Crippen LogP contribution in [0.2, 0.25) is 0 Å². The summed E-state index contributed by atoms with van der Waals surface area (Å²) in [6.07, 6.45) is 2.24. The molecule has 0 atom stereocenters. The molecule has 1 aromatic carbocycles. The molecule has 0 radical (unpaired) electrons. The lowest BCUT2D eigenvalue weighted by molar-refractivity contribution is -0.119. The van der Waals surface area contributed by atoms with E-state index in [1.54, 1.807) is 11.8 Å². The van der Waals surface area contributed by atoms with Crippen LogP contribution in [0.1, 0.15) is 13.3 Å². The standard InChI is InChI=1S/C12H16N2O2S/c1-9(15)13-8-7-12(16)14-10-5-3-4-6-11(10)17-2/h3-6H,7-8H2,1-2H3,(H,13,15)(H,14,16). The number of thioether (sulfide) groups is 1. The summed E-state index contributed by atoms with van der Waals surface area (Å²) in [7, 11) is 0. The maximum absolute atomic E-state index is 11.6. The minimum absolute atomic E-state index is 0.0970. The van der Waals surface area contributed by atoms with Gasteiger partial charge >= 0.3 is 0 Å². The summed E-state index contributed by atoms with van der Waals surface area (Å²) >= 11 is 1.58. The largest absolute Gasteiger partial charge is 0.356 e. The Bertz CT molecular complexity index is 407. The maximum Gasteiger partial charge on any atom is 0.226 e. The van der Waals surface area contributed by atoms with Gasteiger partial charge < -0.3 is 10.6 Å². The molecule has 0 saturated carbocycles. The van der Waals surface area contributed by atoms with Gasteiger partial charge in [-0.2, -0.15) is 0 Å². The van der Waals surface area contributed by atoms with Crippen molar-refractivity contribution in [3.05, 3.63) is 24.3 Å². The van der Waals surface area contributed by atoms with Gasteiger partial charge in [0.25, 0.3) is 0 Å². The van der Waals surface area contributed by atoms with Gasteiger partial charge in [-0.3, -0.25) is 9.59 Å². The third-order valence-electron chi connectivity index (χ3n) is 2.11. The summed E-state index contributed by atoms with van der Waals surface area (Å²) in [5.41, 5.74) is 0.813. The Balaban J connectivity index is 2.47. The fourth-order valence-electron chi connectivity index (χ4n) is 1.31. The summed E-state index contributed by atoms with van der Waals surface area (Å²) in [5, 5.41) is 5.41. The molecule has 0 aromatic heterocycles. The third-order valence-corrected chi connectivity index (χ3v) is 2.90. The first kappa shape index (κ1) is 13.6. The second-order valence-corrected chi connectivity index (χ2v) is 4.33. The van der Waals surface area contributed by atoms with Crippen molar-refractivity contribution >= 4 is 29.3 Å². The van der Waals surface area contributed by atoms with Crippen LogP contribution in [0.5, 0.6) is 0 Å². The second kappa shape index (κ2) is 6.96. The van der Waals surface area contributed by atoms with E-state index in [2.05, 4.69) is 10.6 Å². The second-order valence-electron chi connectivity index (χ2n) is 3.48. The summed E-state index contributed by atoms with van der Waals surface area (Å²) < 4.78 is 0. The summed E-state index contributed by atoms with van der Waals surface area (Å²) in [5.74, 6) is -0.220. The van der Waals surface area contributed by atoms with E-state index in [-0.39, 0.29) is 18.2 Å². The molecule has 0 bridgehead atoms. The van der Waals surface area contributed by atoms with Gasteiger partial charge in [0.2, 0.25) is 11.8 Å². The number of hydrogen-bond donors (Lipinski definition) is 2. The molecular formula is C12H16N2O2S. The van der Waals surface area contributed by atoms with Crippen molar-refractivity contribution in [2.45, 2.75) is 18.2 Å². The fourth-order valence-corrected chi connectivity index (χ4v) is 1.87. The minimum Gasteiger partial charge on any atom is -0.356 e. The number of anilines is 1. The number of carbonyl (C=O) groups excluding carboxylic acids is 2. The highest BCUT2D eigenvalue weighted by Gasteiger charge is 2.05. The molecule has 0 unspecified atom stereocenters. The Morgan fingerprint density at radius 1 is 1.29 bits per heavy atom. The van der Waals surface area contributed by atoms with E-state index in [0.717, 1.165) is 10.6 Å². The van der Waals surface area contributed by atoms with Gasteiger partial charge in [0.05, 0.1) is 5.69 Å². The zero-order valence-corrected chi connectivity index (χ0v) is 10.8. The topological polar surface area (TPSA) is 58.2 Å². The van der Waals surface area contributed by atoms with Crippen LogP contribution in [0.3, 0.4) is 0 Å². The average molecular weight is 252 g/mol. The quantitative estimate of drug-likeness (QED) is 0.787. The highest BCUT2D eigenvalue weighted by Crippen LogP contribution is 2.24. The Morgan fingerprint density at radius 3 is 2.65 bits per heavy atom. The van der Waals surface area contributed by atoms with Crippen LogP contribution in [0.25, 0.3) is 0 Å². The predicted molar refractivity (Wildman–Crippen MR) is 70.2 cm³/mol. The lowest BCUT2D eigenvalue weighted by Crippen LogP contribution is -2.25. The summed E-state index contributed by atoms with van der Waals surface area (Å²) in [4.78, 5) is 23.3. The normalized spacial score (nSPS) is 9.76. The minimum atomic E-state index is -0.123. The van der Waals surface area contributed by atoms with Crippen molar-refractivity contribution in [2.24, 2.45) is 0 Å². The van der Waals surface area contributed by atoms with Gasteiger partial charge in [-0.1, -0.05) is 12.1 Å². The third kappa shape index (κ3) is 4.91. The highest BCUT2D eigenvalue weighted by molar-refractivity contribution is 7.98. The van der Waals surface area contributed by atoms with E-state index in [1.165, 1.54) is 6.92 Å². The van der Waals surface area contributed by atoms with Crippen molar-refractivity contribution < 1.29 is 9.59 Å². The number of amides is 2. The van der Waals surface area contributed by atoms with Gasteiger partial charge in [0.1, 0.15) is 0 Å². The molecule has 0 aliphatic heterocycles. The molecule has 17 heavy (non-hydrogen) atoms. The first-order valence-corrected chi connectivity index (χ1v) is 6.53. The molecule has 0 saturated heterocycles. The Morgan fingerprint density at radius 2 is 2.00 bits per heavy atom. The van der Waals surface area contributed by atoms with E-state index < -0.39 is 0 Å². The molecule has 0 aliphatic carbocycles.